The molecule has 7 heteroatoms. The van der Waals surface area contributed by atoms with E-state index in [1.807, 2.05) is 84.9 Å². The summed E-state index contributed by atoms with van der Waals surface area (Å²) in [6, 6.07) is 26.8. The van der Waals surface area contributed by atoms with E-state index in [0.717, 1.165) is 21.8 Å². The maximum Gasteiger partial charge on any atom is 0.249 e. The van der Waals surface area contributed by atoms with Crippen molar-refractivity contribution >= 4 is 17.7 Å². The normalized spacial score (nSPS) is 13.6. The number of hydrogen-bond acceptors (Lipinski definition) is 6. The average molecular weight is 495 g/mol. The first kappa shape index (κ1) is 26.8. The molecule has 0 bridgehead atoms. The van der Waals surface area contributed by atoms with E-state index >= 15 is 0 Å². The van der Waals surface area contributed by atoms with Crippen molar-refractivity contribution in [2.24, 2.45) is 0 Å². The van der Waals surface area contributed by atoms with Crippen molar-refractivity contribution in [1.29, 1.82) is 0 Å². The second-order valence-electron chi connectivity index (χ2n) is 8.32. The Balaban J connectivity index is 1.54. The molecule has 6 nitrogen and oxygen atoms in total. The molecule has 186 valence electrons. The van der Waals surface area contributed by atoms with Crippen LogP contribution in [0.1, 0.15) is 17.5 Å². The van der Waals surface area contributed by atoms with Crippen LogP contribution < -0.4 is 15.4 Å². The van der Waals surface area contributed by atoms with Crippen LogP contribution in [0.15, 0.2) is 89.8 Å². The monoisotopic (exact) mass is 494 g/mol. The molecule has 1 amide bonds. The number of amides is 1. The Morgan fingerprint density at radius 3 is 2.34 bits per heavy atom. The summed E-state index contributed by atoms with van der Waals surface area (Å²) < 4.78 is 5.26. The van der Waals surface area contributed by atoms with Gasteiger partial charge in [0.1, 0.15) is 11.9 Å². The number of rotatable bonds is 14. The number of carbonyl (C=O) groups is 1. The summed E-state index contributed by atoms with van der Waals surface area (Å²) in [6.07, 6.45) is -1.19. The molecule has 0 aliphatic carbocycles. The molecule has 3 aromatic rings. The van der Waals surface area contributed by atoms with E-state index in [9.17, 15) is 15.0 Å². The number of aliphatic hydroxyl groups is 2. The Kier molecular flexibility index (Phi) is 11.1. The lowest BCUT2D eigenvalue weighted by Gasteiger charge is -2.26. The number of carbonyl (C=O) groups excluding carboxylic acids is 1. The number of benzene rings is 3. The summed E-state index contributed by atoms with van der Waals surface area (Å²) in [7, 11) is 1.63. The maximum atomic E-state index is 12.7. The van der Waals surface area contributed by atoms with Crippen molar-refractivity contribution < 1.29 is 19.7 Å². The molecule has 1 unspecified atom stereocenters. The first-order chi connectivity index (χ1) is 17.0. The fraction of sp³-hybridized carbons (Fsp3) is 0.321. The van der Waals surface area contributed by atoms with Crippen molar-refractivity contribution in [2.45, 2.75) is 42.5 Å². The van der Waals surface area contributed by atoms with Crippen LogP contribution in [0, 0.1) is 0 Å². The van der Waals surface area contributed by atoms with Crippen molar-refractivity contribution in [3.8, 4) is 5.75 Å². The van der Waals surface area contributed by atoms with Crippen LogP contribution in [-0.4, -0.2) is 53.8 Å². The van der Waals surface area contributed by atoms with Gasteiger partial charge < -0.3 is 25.6 Å². The smallest absolute Gasteiger partial charge is 0.249 e. The Labute approximate surface area is 211 Å². The van der Waals surface area contributed by atoms with Crippen LogP contribution >= 0.6 is 11.8 Å². The quantitative estimate of drug-likeness (QED) is 0.257. The predicted molar refractivity (Wildman–Crippen MR) is 141 cm³/mol. The van der Waals surface area contributed by atoms with E-state index < -0.39 is 24.2 Å². The van der Waals surface area contributed by atoms with Gasteiger partial charge >= 0.3 is 0 Å². The molecule has 0 radical (unpaired) electrons. The minimum absolute atomic E-state index is 0.287. The van der Waals surface area contributed by atoms with Gasteiger partial charge in [-0.25, -0.2) is 0 Å². The second kappa shape index (κ2) is 14.5. The lowest BCUT2D eigenvalue weighted by atomic mass is 10.0. The highest BCUT2D eigenvalue weighted by Crippen LogP contribution is 2.18. The Morgan fingerprint density at radius 1 is 0.943 bits per heavy atom. The lowest BCUT2D eigenvalue weighted by molar-refractivity contribution is -0.131. The zero-order valence-electron chi connectivity index (χ0n) is 20.0. The van der Waals surface area contributed by atoms with E-state index in [4.69, 9.17) is 4.74 Å². The molecule has 0 fully saturated rings. The number of thioether (sulfide) groups is 1. The van der Waals surface area contributed by atoms with Gasteiger partial charge in [-0.3, -0.25) is 4.79 Å². The summed E-state index contributed by atoms with van der Waals surface area (Å²) in [4.78, 5) is 13.8. The molecule has 0 aliphatic rings. The van der Waals surface area contributed by atoms with E-state index in [0.29, 0.717) is 25.1 Å². The maximum absolute atomic E-state index is 12.7. The van der Waals surface area contributed by atoms with Gasteiger partial charge in [-0.1, -0.05) is 60.7 Å². The first-order valence-corrected chi connectivity index (χ1v) is 12.8. The van der Waals surface area contributed by atoms with Gasteiger partial charge in [0.05, 0.1) is 19.3 Å². The van der Waals surface area contributed by atoms with Crippen LogP contribution in [0.25, 0.3) is 0 Å². The number of methoxy groups -OCH3 is 1. The zero-order valence-corrected chi connectivity index (χ0v) is 20.8. The molecule has 3 aromatic carbocycles. The van der Waals surface area contributed by atoms with Crippen LogP contribution in [0.3, 0.4) is 0 Å². The summed E-state index contributed by atoms with van der Waals surface area (Å²) in [5.41, 5.74) is 2.03. The van der Waals surface area contributed by atoms with Crippen molar-refractivity contribution in [3.05, 3.63) is 96.1 Å². The lowest BCUT2D eigenvalue weighted by Crippen LogP contribution is -2.51. The zero-order chi connectivity index (χ0) is 24.9. The minimum Gasteiger partial charge on any atom is -0.497 e. The van der Waals surface area contributed by atoms with Crippen molar-refractivity contribution in [2.75, 3.05) is 19.4 Å². The van der Waals surface area contributed by atoms with E-state index in [1.54, 1.807) is 18.9 Å². The van der Waals surface area contributed by atoms with Gasteiger partial charge in [-0.05, 0) is 48.2 Å². The molecule has 0 saturated heterocycles. The van der Waals surface area contributed by atoms with Gasteiger partial charge in [-0.2, -0.15) is 0 Å². The third-order valence-electron chi connectivity index (χ3n) is 5.61. The molecule has 0 saturated carbocycles. The van der Waals surface area contributed by atoms with Gasteiger partial charge in [0.15, 0.2) is 0 Å². The van der Waals surface area contributed by atoms with Gasteiger partial charge in [0.25, 0.3) is 0 Å². The molecule has 0 spiro atoms. The fourth-order valence-corrected chi connectivity index (χ4v) is 4.58. The number of aliphatic hydroxyl groups excluding tert-OH is 2. The van der Waals surface area contributed by atoms with E-state index in [-0.39, 0.29) is 6.54 Å². The molecule has 3 rings (SSSR count). The second-order valence-corrected chi connectivity index (χ2v) is 9.49. The third-order valence-corrected chi connectivity index (χ3v) is 6.66. The van der Waals surface area contributed by atoms with Crippen LogP contribution in [0.2, 0.25) is 0 Å². The third kappa shape index (κ3) is 9.38. The molecular formula is C28H34N2O4S. The minimum atomic E-state index is -1.14. The van der Waals surface area contributed by atoms with E-state index in [1.165, 1.54) is 0 Å². The first-order valence-electron chi connectivity index (χ1n) is 11.8. The van der Waals surface area contributed by atoms with Gasteiger partial charge in [-0.15, -0.1) is 11.8 Å². The molecule has 0 aromatic heterocycles. The summed E-state index contributed by atoms with van der Waals surface area (Å²) in [5.74, 6) is 0.928. The topological polar surface area (TPSA) is 90.8 Å². The number of hydrogen-bond donors (Lipinski definition) is 4. The Hall–Kier alpha value is -2.84. The standard InChI is InChI=1S/C28H34N2O4S/c1-34-23-12-8-11-22(17-23)19-29-20-27(32)25(18-21-9-4-2-5-10-21)30-28(33)26(31)15-16-35-24-13-6-3-7-14-24/h2-14,17,25-27,29,31-32H,15-16,18-20H2,1H3,(H,30,33)/t25-,26?,27-/m0/s1. The summed E-state index contributed by atoms with van der Waals surface area (Å²) in [5, 5.41) is 27.5. The molecule has 0 aliphatic heterocycles. The molecule has 4 N–H and O–H groups in total. The molecule has 0 heterocycles. The van der Waals surface area contributed by atoms with Crippen LogP contribution in [-0.2, 0) is 17.8 Å². The molecule has 3 atom stereocenters. The number of nitrogens with one attached hydrogen (secondary N) is 2. The van der Waals surface area contributed by atoms with Gasteiger partial charge in [0, 0.05) is 23.7 Å². The highest BCUT2D eigenvalue weighted by atomic mass is 32.2. The highest BCUT2D eigenvalue weighted by Gasteiger charge is 2.25. The highest BCUT2D eigenvalue weighted by molar-refractivity contribution is 7.99. The SMILES string of the molecule is COc1cccc(CNC[C@H](O)[C@H](Cc2ccccc2)NC(=O)C(O)CCSc2ccccc2)c1. The fourth-order valence-electron chi connectivity index (χ4n) is 3.66. The Bertz CT molecular complexity index is 1020. The van der Waals surface area contributed by atoms with E-state index in [2.05, 4.69) is 10.6 Å². The molecular weight excluding hydrogens is 460 g/mol. The van der Waals surface area contributed by atoms with Crippen LogP contribution in [0.5, 0.6) is 5.75 Å². The predicted octanol–water partition coefficient (Wildman–Crippen LogP) is 3.42. The Morgan fingerprint density at radius 2 is 1.63 bits per heavy atom. The number of ether oxygens (including phenoxy) is 1. The van der Waals surface area contributed by atoms with Crippen molar-refractivity contribution in [1.82, 2.24) is 10.6 Å². The van der Waals surface area contributed by atoms with Gasteiger partial charge in [0.2, 0.25) is 5.91 Å². The summed E-state index contributed by atoms with van der Waals surface area (Å²) >= 11 is 1.60. The molecule has 35 heavy (non-hydrogen) atoms. The van der Waals surface area contributed by atoms with Crippen LogP contribution in [0.4, 0.5) is 0 Å². The average Bonchev–Trinajstić information content (AvgIpc) is 2.89. The largest absolute Gasteiger partial charge is 0.497 e. The van der Waals surface area contributed by atoms with Crippen molar-refractivity contribution in [3.63, 3.8) is 0 Å². The summed E-state index contributed by atoms with van der Waals surface area (Å²) in [6.45, 7) is 0.842.